The summed E-state index contributed by atoms with van der Waals surface area (Å²) in [4.78, 5) is 22.9. The fourth-order valence-corrected chi connectivity index (χ4v) is 5.02. The quantitative estimate of drug-likeness (QED) is 0.183. The SMILES string of the molecule is Cc1ccc(-c2nnc(SCC(=O)N/N=C/c3ccc(Cl)c([N+](=O)[O-])c3)n2C2CCCCC2)cc1. The number of halogens is 1. The molecule has 4 rings (SSSR count). The fraction of sp³-hybridized carbons (Fsp3) is 0.333. The lowest BCUT2D eigenvalue weighted by Gasteiger charge is -2.25. The van der Waals surface area contributed by atoms with Gasteiger partial charge in [-0.3, -0.25) is 19.5 Å². The lowest BCUT2D eigenvalue weighted by Crippen LogP contribution is -2.20. The maximum absolute atomic E-state index is 12.4. The van der Waals surface area contributed by atoms with Crippen LogP contribution in [-0.2, 0) is 4.79 Å². The van der Waals surface area contributed by atoms with Crippen LogP contribution in [0.1, 0.15) is 49.3 Å². The van der Waals surface area contributed by atoms with Crippen molar-refractivity contribution in [2.75, 3.05) is 5.75 Å². The largest absolute Gasteiger partial charge is 0.299 e. The number of carbonyl (C=O) groups is 1. The zero-order valence-electron chi connectivity index (χ0n) is 19.2. The van der Waals surface area contributed by atoms with Gasteiger partial charge < -0.3 is 0 Å². The maximum atomic E-state index is 12.4. The Morgan fingerprint density at radius 3 is 2.69 bits per heavy atom. The molecule has 0 unspecified atom stereocenters. The molecule has 0 aliphatic heterocycles. The first kappa shape index (κ1) is 24.9. The Morgan fingerprint density at radius 2 is 1.97 bits per heavy atom. The minimum Gasteiger partial charge on any atom is -0.299 e. The van der Waals surface area contributed by atoms with Gasteiger partial charge in [-0.2, -0.15) is 5.10 Å². The van der Waals surface area contributed by atoms with Gasteiger partial charge in [-0.05, 0) is 25.8 Å². The molecule has 1 fully saturated rings. The summed E-state index contributed by atoms with van der Waals surface area (Å²) in [6.07, 6.45) is 7.03. The van der Waals surface area contributed by atoms with Crippen molar-refractivity contribution >= 4 is 41.2 Å². The van der Waals surface area contributed by atoms with Crippen molar-refractivity contribution in [2.45, 2.75) is 50.2 Å². The smallest absolute Gasteiger partial charge is 0.288 e. The van der Waals surface area contributed by atoms with Gasteiger partial charge in [-0.1, -0.05) is 78.5 Å². The molecule has 0 bridgehead atoms. The minimum atomic E-state index is -0.567. The molecule has 182 valence electrons. The molecule has 1 N–H and O–H groups in total. The van der Waals surface area contributed by atoms with Gasteiger partial charge in [0.25, 0.3) is 11.6 Å². The van der Waals surface area contributed by atoms with Crippen LogP contribution in [0.25, 0.3) is 11.4 Å². The van der Waals surface area contributed by atoms with Gasteiger partial charge in [-0.15, -0.1) is 10.2 Å². The van der Waals surface area contributed by atoms with Crippen molar-refractivity contribution in [1.82, 2.24) is 20.2 Å². The van der Waals surface area contributed by atoms with Crippen LogP contribution in [-0.4, -0.2) is 37.6 Å². The van der Waals surface area contributed by atoms with Crippen LogP contribution in [0.3, 0.4) is 0 Å². The molecule has 0 spiro atoms. The Bertz CT molecular complexity index is 1240. The van der Waals surface area contributed by atoms with Gasteiger partial charge in [-0.25, -0.2) is 5.43 Å². The van der Waals surface area contributed by atoms with Crippen molar-refractivity contribution < 1.29 is 9.72 Å². The van der Waals surface area contributed by atoms with Gasteiger partial charge in [0.15, 0.2) is 11.0 Å². The molecule has 2 aromatic carbocycles. The molecule has 1 aliphatic carbocycles. The number of nitro groups is 1. The zero-order valence-corrected chi connectivity index (χ0v) is 20.8. The second kappa shape index (κ2) is 11.5. The first-order valence-corrected chi connectivity index (χ1v) is 12.7. The number of benzene rings is 2. The summed E-state index contributed by atoms with van der Waals surface area (Å²) in [7, 11) is 0. The Labute approximate surface area is 212 Å². The Kier molecular flexibility index (Phi) is 8.14. The average Bonchev–Trinajstić information content (AvgIpc) is 3.28. The van der Waals surface area contributed by atoms with E-state index in [-0.39, 0.29) is 22.4 Å². The molecule has 3 aromatic rings. The molecule has 9 nitrogen and oxygen atoms in total. The van der Waals surface area contributed by atoms with Crippen LogP contribution in [0.2, 0.25) is 5.02 Å². The maximum Gasteiger partial charge on any atom is 0.288 e. The lowest BCUT2D eigenvalue weighted by atomic mass is 9.95. The Morgan fingerprint density at radius 1 is 1.23 bits per heavy atom. The average molecular weight is 513 g/mol. The summed E-state index contributed by atoms with van der Waals surface area (Å²) in [5.41, 5.74) is 4.88. The number of rotatable bonds is 8. The highest BCUT2D eigenvalue weighted by molar-refractivity contribution is 7.99. The highest BCUT2D eigenvalue weighted by Gasteiger charge is 2.24. The molecule has 35 heavy (non-hydrogen) atoms. The summed E-state index contributed by atoms with van der Waals surface area (Å²) in [5.74, 6) is 0.614. The Balaban J connectivity index is 1.44. The summed E-state index contributed by atoms with van der Waals surface area (Å²) >= 11 is 7.14. The van der Waals surface area contributed by atoms with Crippen molar-refractivity contribution in [3.05, 3.63) is 68.7 Å². The van der Waals surface area contributed by atoms with E-state index in [1.807, 2.05) is 6.92 Å². The fourth-order valence-electron chi connectivity index (χ4n) is 4.03. The number of nitro benzene ring substituents is 1. The third-order valence-corrected chi connectivity index (χ3v) is 7.08. The molecule has 1 saturated carbocycles. The topological polar surface area (TPSA) is 115 Å². The number of hydrogen-bond donors (Lipinski definition) is 1. The zero-order chi connectivity index (χ0) is 24.8. The van der Waals surface area contributed by atoms with E-state index < -0.39 is 4.92 Å². The van der Waals surface area contributed by atoms with Gasteiger partial charge in [0.1, 0.15) is 5.02 Å². The van der Waals surface area contributed by atoms with Crippen LogP contribution < -0.4 is 5.43 Å². The van der Waals surface area contributed by atoms with Crippen LogP contribution in [0, 0.1) is 17.0 Å². The van der Waals surface area contributed by atoms with E-state index in [0.29, 0.717) is 16.8 Å². The van der Waals surface area contributed by atoms with E-state index in [2.05, 4.69) is 49.6 Å². The number of hydrogen-bond acceptors (Lipinski definition) is 7. The van der Waals surface area contributed by atoms with Gasteiger partial charge in [0, 0.05) is 23.2 Å². The predicted octanol–water partition coefficient (Wildman–Crippen LogP) is 5.56. The van der Waals surface area contributed by atoms with Gasteiger partial charge in [0.05, 0.1) is 16.9 Å². The van der Waals surface area contributed by atoms with Crippen molar-refractivity contribution in [1.29, 1.82) is 0 Å². The van der Waals surface area contributed by atoms with E-state index in [0.717, 1.165) is 24.2 Å². The van der Waals surface area contributed by atoms with Crippen molar-refractivity contribution in [2.24, 2.45) is 5.10 Å². The Hall–Kier alpha value is -3.24. The second-order valence-electron chi connectivity index (χ2n) is 8.38. The summed E-state index contributed by atoms with van der Waals surface area (Å²) in [5, 5.41) is 24.5. The lowest BCUT2D eigenvalue weighted by molar-refractivity contribution is -0.384. The van der Waals surface area contributed by atoms with E-state index in [1.54, 1.807) is 6.07 Å². The number of carbonyl (C=O) groups excluding carboxylic acids is 1. The third-order valence-electron chi connectivity index (χ3n) is 5.82. The van der Waals surface area contributed by atoms with Crippen LogP contribution >= 0.6 is 23.4 Å². The summed E-state index contributed by atoms with van der Waals surface area (Å²) in [6, 6.07) is 12.8. The number of aryl methyl sites for hydroxylation is 1. The number of nitrogens with one attached hydrogen (secondary N) is 1. The molecular formula is C24H25ClN6O3S. The number of hydrazone groups is 1. The summed E-state index contributed by atoms with van der Waals surface area (Å²) in [6.45, 7) is 2.05. The molecule has 1 aromatic heterocycles. The molecule has 1 amide bonds. The third kappa shape index (κ3) is 6.26. The standard InChI is InChI=1S/C24H25ClN6O3S/c1-16-7-10-18(11-8-16)23-28-29-24(30(23)19-5-3-2-4-6-19)35-15-22(32)27-26-14-17-9-12-20(25)21(13-17)31(33)34/h7-14,19H,2-6,15H2,1H3,(H,27,32)/b26-14+. The van der Waals surface area contributed by atoms with E-state index >= 15 is 0 Å². The molecule has 11 heteroatoms. The molecule has 0 atom stereocenters. The number of aromatic nitrogens is 3. The van der Waals surface area contributed by atoms with Crippen LogP contribution in [0.15, 0.2) is 52.7 Å². The van der Waals surface area contributed by atoms with Crippen molar-refractivity contribution in [3.8, 4) is 11.4 Å². The molecule has 1 heterocycles. The van der Waals surface area contributed by atoms with E-state index in [9.17, 15) is 14.9 Å². The van der Waals surface area contributed by atoms with Crippen LogP contribution in [0.5, 0.6) is 0 Å². The highest BCUT2D eigenvalue weighted by atomic mass is 35.5. The predicted molar refractivity (Wildman–Crippen MR) is 137 cm³/mol. The van der Waals surface area contributed by atoms with Gasteiger partial charge >= 0.3 is 0 Å². The second-order valence-corrected chi connectivity index (χ2v) is 9.73. The van der Waals surface area contributed by atoms with E-state index in [4.69, 9.17) is 11.6 Å². The monoisotopic (exact) mass is 512 g/mol. The number of nitrogens with zero attached hydrogens (tertiary/aromatic N) is 5. The van der Waals surface area contributed by atoms with Gasteiger partial charge in [0.2, 0.25) is 0 Å². The van der Waals surface area contributed by atoms with E-state index in [1.165, 1.54) is 54.9 Å². The highest BCUT2D eigenvalue weighted by Crippen LogP contribution is 2.35. The van der Waals surface area contributed by atoms with Crippen molar-refractivity contribution in [3.63, 3.8) is 0 Å². The normalized spacial score (nSPS) is 14.3. The first-order valence-electron chi connectivity index (χ1n) is 11.3. The number of amides is 1. The first-order chi connectivity index (χ1) is 16.9. The number of thioether (sulfide) groups is 1. The molecule has 0 saturated heterocycles. The molecular weight excluding hydrogens is 488 g/mol. The summed E-state index contributed by atoms with van der Waals surface area (Å²) < 4.78 is 2.18. The molecule has 1 aliphatic rings. The van der Waals surface area contributed by atoms with Crippen LogP contribution in [0.4, 0.5) is 5.69 Å². The molecule has 0 radical (unpaired) electrons. The minimum absolute atomic E-state index is 0.0414.